The van der Waals surface area contributed by atoms with Crippen LogP contribution in [0.2, 0.25) is 0 Å². The summed E-state index contributed by atoms with van der Waals surface area (Å²) in [5.74, 6) is 2.22. The van der Waals surface area contributed by atoms with Crippen molar-refractivity contribution in [2.45, 2.75) is 18.7 Å². The molecule has 0 amide bonds. The first-order chi connectivity index (χ1) is 7.40. The number of sulfonamides is 1. The summed E-state index contributed by atoms with van der Waals surface area (Å²) >= 11 is 0. The van der Waals surface area contributed by atoms with Crippen LogP contribution in [0.1, 0.15) is 11.1 Å². The molecular weight excluding hydrogens is 224 g/mol. The highest BCUT2D eigenvalue weighted by Crippen LogP contribution is 2.25. The third-order valence-electron chi connectivity index (χ3n) is 2.24. The molecule has 0 atom stereocenters. The van der Waals surface area contributed by atoms with Gasteiger partial charge < -0.3 is 5.73 Å². The minimum Gasteiger partial charge on any atom is -0.397 e. The molecule has 0 heterocycles. The molecule has 0 saturated heterocycles. The molecule has 0 unspecified atom stereocenters. The van der Waals surface area contributed by atoms with Gasteiger partial charge >= 0.3 is 0 Å². The lowest BCUT2D eigenvalue weighted by Crippen LogP contribution is -2.25. The van der Waals surface area contributed by atoms with Gasteiger partial charge in [-0.15, -0.1) is 6.42 Å². The van der Waals surface area contributed by atoms with Crippen LogP contribution in [0, 0.1) is 26.2 Å². The highest BCUT2D eigenvalue weighted by atomic mass is 32.2. The van der Waals surface area contributed by atoms with Gasteiger partial charge in [0.15, 0.2) is 0 Å². The summed E-state index contributed by atoms with van der Waals surface area (Å²) in [6, 6.07) is 3.50. The Morgan fingerprint density at radius 2 is 1.94 bits per heavy atom. The summed E-state index contributed by atoms with van der Waals surface area (Å²) in [6.45, 7) is 3.41. The molecule has 0 saturated carbocycles. The van der Waals surface area contributed by atoms with E-state index >= 15 is 0 Å². The lowest BCUT2D eigenvalue weighted by atomic mass is 10.1. The number of hydrogen-bond acceptors (Lipinski definition) is 3. The highest BCUT2D eigenvalue weighted by molar-refractivity contribution is 7.89. The maximum absolute atomic E-state index is 11.9. The molecule has 1 rings (SSSR count). The Hall–Kier alpha value is -1.51. The average molecular weight is 238 g/mol. The van der Waals surface area contributed by atoms with E-state index in [0.29, 0.717) is 5.56 Å². The fourth-order valence-corrected chi connectivity index (χ4v) is 2.73. The van der Waals surface area contributed by atoms with Crippen molar-refractivity contribution in [2.75, 3.05) is 12.3 Å². The van der Waals surface area contributed by atoms with E-state index in [1.165, 1.54) is 0 Å². The van der Waals surface area contributed by atoms with Crippen LogP contribution in [0.5, 0.6) is 0 Å². The summed E-state index contributed by atoms with van der Waals surface area (Å²) in [7, 11) is -3.62. The van der Waals surface area contributed by atoms with Crippen molar-refractivity contribution in [2.24, 2.45) is 0 Å². The van der Waals surface area contributed by atoms with Gasteiger partial charge in [-0.1, -0.05) is 18.1 Å². The van der Waals surface area contributed by atoms with E-state index in [1.807, 2.05) is 0 Å². The fourth-order valence-electron chi connectivity index (χ4n) is 1.37. The van der Waals surface area contributed by atoms with Gasteiger partial charge in [0.05, 0.1) is 12.2 Å². The van der Waals surface area contributed by atoms with Crippen molar-refractivity contribution in [3.63, 3.8) is 0 Å². The Kier molecular flexibility index (Phi) is 3.58. The van der Waals surface area contributed by atoms with E-state index in [0.717, 1.165) is 5.56 Å². The van der Waals surface area contributed by atoms with Crippen LogP contribution >= 0.6 is 0 Å². The molecule has 0 fully saturated rings. The number of terminal acetylenes is 1. The van der Waals surface area contributed by atoms with Crippen LogP contribution in [0.4, 0.5) is 5.69 Å². The summed E-state index contributed by atoms with van der Waals surface area (Å²) in [5, 5.41) is 0. The van der Waals surface area contributed by atoms with E-state index in [9.17, 15) is 8.42 Å². The van der Waals surface area contributed by atoms with Gasteiger partial charge in [0, 0.05) is 0 Å². The number of nitrogen functional groups attached to an aromatic ring is 1. The summed E-state index contributed by atoms with van der Waals surface area (Å²) in [6.07, 6.45) is 5.01. The van der Waals surface area contributed by atoms with Crippen LogP contribution < -0.4 is 10.5 Å². The lowest BCUT2D eigenvalue weighted by Gasteiger charge is -2.12. The molecule has 0 aliphatic rings. The third-order valence-corrected chi connectivity index (χ3v) is 3.85. The summed E-state index contributed by atoms with van der Waals surface area (Å²) in [5.41, 5.74) is 7.37. The van der Waals surface area contributed by atoms with Crippen molar-refractivity contribution in [1.29, 1.82) is 0 Å². The maximum atomic E-state index is 11.9. The van der Waals surface area contributed by atoms with Gasteiger partial charge in [0.2, 0.25) is 10.0 Å². The molecule has 0 spiro atoms. The van der Waals surface area contributed by atoms with Crippen molar-refractivity contribution in [1.82, 2.24) is 4.72 Å². The lowest BCUT2D eigenvalue weighted by molar-refractivity contribution is 0.586. The number of nitrogens with two attached hydrogens (primary N) is 1. The summed E-state index contributed by atoms with van der Waals surface area (Å²) in [4.78, 5) is 0.114. The standard InChI is InChI=1S/C11H14N2O2S/c1-4-7-13-16(14,15)11-9(3)6-5-8(2)10(11)12/h1,5-6,13H,7,12H2,2-3H3. The van der Waals surface area contributed by atoms with E-state index in [-0.39, 0.29) is 17.1 Å². The Labute approximate surface area is 95.9 Å². The van der Waals surface area contributed by atoms with Gasteiger partial charge in [0.1, 0.15) is 4.90 Å². The fraction of sp³-hybridized carbons (Fsp3) is 0.273. The normalized spacial score (nSPS) is 11.1. The van der Waals surface area contributed by atoms with Gasteiger partial charge in [-0.3, -0.25) is 0 Å². The minimum absolute atomic E-state index is 0.0465. The topological polar surface area (TPSA) is 72.2 Å². The van der Waals surface area contributed by atoms with E-state index < -0.39 is 10.0 Å². The van der Waals surface area contributed by atoms with Crippen molar-refractivity contribution in [3.05, 3.63) is 23.3 Å². The second-order valence-electron chi connectivity index (χ2n) is 3.47. The average Bonchev–Trinajstić information content (AvgIpc) is 2.21. The third kappa shape index (κ3) is 2.35. The van der Waals surface area contributed by atoms with Gasteiger partial charge in [-0.2, -0.15) is 4.72 Å². The zero-order chi connectivity index (χ0) is 12.3. The van der Waals surface area contributed by atoms with E-state index in [1.54, 1.807) is 26.0 Å². The Morgan fingerprint density at radius 3 is 2.50 bits per heavy atom. The molecule has 5 heteroatoms. The minimum atomic E-state index is -3.62. The number of anilines is 1. The zero-order valence-electron chi connectivity index (χ0n) is 9.24. The molecule has 1 aromatic carbocycles. The van der Waals surface area contributed by atoms with Crippen molar-refractivity contribution >= 4 is 15.7 Å². The molecule has 0 aliphatic carbocycles. The number of nitrogens with one attached hydrogen (secondary N) is 1. The van der Waals surface area contributed by atoms with Crippen LogP contribution in [-0.4, -0.2) is 15.0 Å². The first kappa shape index (κ1) is 12.6. The SMILES string of the molecule is C#CCNS(=O)(=O)c1c(C)ccc(C)c1N. The maximum Gasteiger partial charge on any atom is 0.243 e. The summed E-state index contributed by atoms with van der Waals surface area (Å²) < 4.78 is 26.1. The predicted molar refractivity (Wildman–Crippen MR) is 64.3 cm³/mol. The molecule has 0 radical (unpaired) electrons. The highest BCUT2D eigenvalue weighted by Gasteiger charge is 2.20. The molecule has 0 bridgehead atoms. The molecule has 0 aromatic heterocycles. The Bertz CT molecular complexity index is 542. The van der Waals surface area contributed by atoms with Crippen LogP contribution in [-0.2, 0) is 10.0 Å². The Balaban J connectivity index is 3.34. The molecule has 4 nitrogen and oxygen atoms in total. The molecular formula is C11H14N2O2S. The number of rotatable bonds is 3. The second kappa shape index (κ2) is 4.56. The first-order valence-electron chi connectivity index (χ1n) is 4.69. The second-order valence-corrected chi connectivity index (χ2v) is 5.17. The molecule has 16 heavy (non-hydrogen) atoms. The molecule has 0 aliphatic heterocycles. The van der Waals surface area contributed by atoms with Crippen LogP contribution in [0.25, 0.3) is 0 Å². The number of hydrogen-bond donors (Lipinski definition) is 2. The predicted octanol–water partition coefficient (Wildman–Crippen LogP) is 0.797. The number of aryl methyl sites for hydroxylation is 2. The monoisotopic (exact) mass is 238 g/mol. The quantitative estimate of drug-likeness (QED) is 0.604. The first-order valence-corrected chi connectivity index (χ1v) is 6.17. The van der Waals surface area contributed by atoms with Crippen LogP contribution in [0.3, 0.4) is 0 Å². The molecule has 86 valence electrons. The molecule has 1 aromatic rings. The largest absolute Gasteiger partial charge is 0.397 e. The van der Waals surface area contributed by atoms with Gasteiger partial charge in [-0.05, 0) is 25.0 Å². The molecule has 3 N–H and O–H groups in total. The van der Waals surface area contributed by atoms with E-state index in [4.69, 9.17) is 12.2 Å². The van der Waals surface area contributed by atoms with Gasteiger partial charge in [0.25, 0.3) is 0 Å². The zero-order valence-corrected chi connectivity index (χ0v) is 10.1. The Morgan fingerprint density at radius 1 is 1.38 bits per heavy atom. The van der Waals surface area contributed by atoms with E-state index in [2.05, 4.69) is 10.6 Å². The van der Waals surface area contributed by atoms with Crippen LogP contribution in [0.15, 0.2) is 17.0 Å². The van der Waals surface area contributed by atoms with Crippen molar-refractivity contribution < 1.29 is 8.42 Å². The number of benzene rings is 1. The smallest absolute Gasteiger partial charge is 0.243 e. The van der Waals surface area contributed by atoms with Gasteiger partial charge in [-0.25, -0.2) is 8.42 Å². The van der Waals surface area contributed by atoms with Crippen molar-refractivity contribution in [3.8, 4) is 12.3 Å².